The number of allylic oxidation sites excluding steroid dienone is 1. The predicted molar refractivity (Wildman–Crippen MR) is 91.9 cm³/mol. The Morgan fingerprint density at radius 1 is 1.46 bits per heavy atom. The molecule has 6 heteroatoms. The summed E-state index contributed by atoms with van der Waals surface area (Å²) in [4.78, 5) is 24.7. The highest BCUT2D eigenvalue weighted by molar-refractivity contribution is 5.91. The van der Waals surface area contributed by atoms with E-state index in [0.29, 0.717) is 24.0 Å². The molecule has 2 aliphatic carbocycles. The first kappa shape index (κ1) is 17.7. The van der Waals surface area contributed by atoms with Crippen molar-refractivity contribution < 1.29 is 28.9 Å². The average Bonchev–Trinajstić information content (AvgIpc) is 2.98. The van der Waals surface area contributed by atoms with Crippen LogP contribution in [0.4, 0.5) is 0 Å². The Balaban J connectivity index is 1.75. The smallest absolute Gasteiger partial charge is 0.334 e. The van der Waals surface area contributed by atoms with Crippen LogP contribution in [0, 0.1) is 17.8 Å². The van der Waals surface area contributed by atoms with Crippen LogP contribution >= 0.6 is 0 Å². The van der Waals surface area contributed by atoms with Crippen LogP contribution in [0.2, 0.25) is 0 Å². The van der Waals surface area contributed by atoms with Gasteiger partial charge in [0.25, 0.3) is 0 Å². The highest BCUT2D eigenvalue weighted by Crippen LogP contribution is 2.68. The van der Waals surface area contributed by atoms with E-state index >= 15 is 0 Å². The molecule has 0 aromatic heterocycles. The lowest BCUT2D eigenvalue weighted by Crippen LogP contribution is -2.43. The van der Waals surface area contributed by atoms with Crippen molar-refractivity contribution in [1.82, 2.24) is 0 Å². The molecule has 26 heavy (non-hydrogen) atoms. The van der Waals surface area contributed by atoms with Crippen molar-refractivity contribution in [1.29, 1.82) is 0 Å². The largest absolute Gasteiger partial charge is 0.458 e. The topological polar surface area (TPSA) is 85.4 Å². The Bertz CT molecular complexity index is 726. The molecule has 6 nitrogen and oxygen atoms in total. The van der Waals surface area contributed by atoms with Gasteiger partial charge >= 0.3 is 11.9 Å². The summed E-state index contributed by atoms with van der Waals surface area (Å²) in [6, 6.07) is 0. The standard InChI is InChI=1S/C20H26O6/c1-6-9(2)17(22)24-12-8-19(5)20(26-19)13(21)7-10(3)15(20)16-14(12)11(4)18(23)25-16/h6,10,12-16,21H,4,7-8H2,1-3,5H3/b9-6-/t10-,12+,13+,14-,15+,16-,19-,20+/m0/s1. The summed E-state index contributed by atoms with van der Waals surface area (Å²) in [7, 11) is 0. The third-order valence-corrected chi connectivity index (χ3v) is 7.00. The summed E-state index contributed by atoms with van der Waals surface area (Å²) >= 11 is 0. The van der Waals surface area contributed by atoms with Gasteiger partial charge in [-0.3, -0.25) is 0 Å². The van der Waals surface area contributed by atoms with E-state index in [2.05, 4.69) is 6.58 Å². The quantitative estimate of drug-likeness (QED) is 0.459. The van der Waals surface area contributed by atoms with Gasteiger partial charge in [-0.2, -0.15) is 0 Å². The third-order valence-electron chi connectivity index (χ3n) is 7.00. The van der Waals surface area contributed by atoms with Gasteiger partial charge in [0.05, 0.1) is 12.0 Å². The number of aliphatic hydroxyl groups is 1. The lowest BCUT2D eigenvalue weighted by Gasteiger charge is -2.31. The van der Waals surface area contributed by atoms with Gasteiger partial charge in [0.2, 0.25) is 0 Å². The number of carbonyl (C=O) groups excluding carboxylic acids is 2. The molecule has 2 aliphatic heterocycles. The van der Waals surface area contributed by atoms with E-state index < -0.39 is 47.4 Å². The summed E-state index contributed by atoms with van der Waals surface area (Å²) in [5, 5.41) is 10.7. The number of rotatable bonds is 2. The minimum atomic E-state index is -0.739. The van der Waals surface area contributed by atoms with Crippen molar-refractivity contribution in [2.75, 3.05) is 0 Å². The molecule has 0 bridgehead atoms. The Kier molecular flexibility index (Phi) is 3.70. The lowest BCUT2D eigenvalue weighted by atomic mass is 9.77. The van der Waals surface area contributed by atoms with Gasteiger partial charge in [0.1, 0.15) is 23.4 Å². The zero-order valence-corrected chi connectivity index (χ0v) is 15.7. The maximum atomic E-state index is 12.4. The number of hydrogen-bond acceptors (Lipinski definition) is 6. The van der Waals surface area contributed by atoms with E-state index in [1.165, 1.54) is 0 Å². The van der Waals surface area contributed by atoms with Gasteiger partial charge < -0.3 is 19.3 Å². The van der Waals surface area contributed by atoms with Crippen molar-refractivity contribution in [2.24, 2.45) is 17.8 Å². The van der Waals surface area contributed by atoms with Crippen LogP contribution in [0.3, 0.4) is 0 Å². The van der Waals surface area contributed by atoms with Gasteiger partial charge in [0.15, 0.2) is 0 Å². The summed E-state index contributed by atoms with van der Waals surface area (Å²) in [6.07, 6.45) is 1.03. The molecule has 1 spiro atoms. The molecular weight excluding hydrogens is 336 g/mol. The van der Waals surface area contributed by atoms with E-state index in [-0.39, 0.29) is 11.8 Å². The molecule has 4 aliphatic rings. The zero-order valence-electron chi connectivity index (χ0n) is 15.7. The van der Waals surface area contributed by atoms with E-state index in [0.717, 1.165) is 0 Å². The number of carbonyl (C=O) groups is 2. The van der Waals surface area contributed by atoms with Crippen LogP contribution in [0.25, 0.3) is 0 Å². The van der Waals surface area contributed by atoms with Crippen LogP contribution in [0.15, 0.2) is 23.8 Å². The van der Waals surface area contributed by atoms with Crippen molar-refractivity contribution >= 4 is 11.9 Å². The second-order valence-electron chi connectivity index (χ2n) is 8.42. The third kappa shape index (κ3) is 2.06. The van der Waals surface area contributed by atoms with Crippen LogP contribution < -0.4 is 0 Å². The molecule has 4 fully saturated rings. The molecule has 4 rings (SSSR count). The van der Waals surface area contributed by atoms with Crippen LogP contribution in [0.1, 0.15) is 40.5 Å². The monoisotopic (exact) mass is 362 g/mol. The summed E-state index contributed by atoms with van der Waals surface area (Å²) in [6.45, 7) is 11.4. The second kappa shape index (κ2) is 5.42. The van der Waals surface area contributed by atoms with Gasteiger partial charge in [-0.15, -0.1) is 0 Å². The predicted octanol–water partition coefficient (Wildman–Crippen LogP) is 1.91. The summed E-state index contributed by atoms with van der Waals surface area (Å²) in [5.74, 6) is -1.27. The molecule has 0 aromatic rings. The van der Waals surface area contributed by atoms with Crippen LogP contribution in [-0.4, -0.2) is 46.6 Å². The maximum absolute atomic E-state index is 12.4. The molecule has 1 N–H and O–H groups in total. The van der Waals surface area contributed by atoms with Crippen molar-refractivity contribution in [2.45, 2.75) is 70.1 Å². The fraction of sp³-hybridized carbons (Fsp3) is 0.700. The molecule has 2 saturated heterocycles. The van der Waals surface area contributed by atoms with E-state index in [9.17, 15) is 14.7 Å². The van der Waals surface area contributed by atoms with Crippen LogP contribution in [-0.2, 0) is 23.8 Å². The van der Waals surface area contributed by atoms with Gasteiger partial charge in [-0.05, 0) is 33.1 Å². The number of epoxide rings is 1. The number of fused-ring (bicyclic) bond motifs is 2. The van der Waals surface area contributed by atoms with Gasteiger partial charge in [0, 0.05) is 23.5 Å². The number of aliphatic hydroxyl groups excluding tert-OH is 1. The Morgan fingerprint density at radius 3 is 2.81 bits per heavy atom. The molecule has 0 unspecified atom stereocenters. The highest BCUT2D eigenvalue weighted by atomic mass is 16.7. The fourth-order valence-corrected chi connectivity index (χ4v) is 5.59. The zero-order chi connectivity index (χ0) is 19.0. The number of hydrogen-bond donors (Lipinski definition) is 1. The first-order valence-corrected chi connectivity index (χ1v) is 9.28. The Labute approximate surface area is 153 Å². The van der Waals surface area contributed by atoms with Crippen molar-refractivity contribution in [3.05, 3.63) is 23.8 Å². The van der Waals surface area contributed by atoms with Crippen molar-refractivity contribution in [3.8, 4) is 0 Å². The number of esters is 2. The highest BCUT2D eigenvalue weighted by Gasteiger charge is 2.82. The van der Waals surface area contributed by atoms with E-state index in [1.54, 1.807) is 19.9 Å². The fourth-order valence-electron chi connectivity index (χ4n) is 5.59. The summed E-state index contributed by atoms with van der Waals surface area (Å²) in [5.41, 5.74) is -0.489. The van der Waals surface area contributed by atoms with Gasteiger partial charge in [-0.1, -0.05) is 19.6 Å². The van der Waals surface area contributed by atoms with Crippen molar-refractivity contribution in [3.63, 3.8) is 0 Å². The molecular formula is C20H26O6. The molecule has 142 valence electrons. The molecule has 2 saturated carbocycles. The van der Waals surface area contributed by atoms with E-state index in [1.807, 2.05) is 13.8 Å². The maximum Gasteiger partial charge on any atom is 0.334 e. The minimum absolute atomic E-state index is 0.129. The minimum Gasteiger partial charge on any atom is -0.458 e. The average molecular weight is 362 g/mol. The molecule has 8 atom stereocenters. The second-order valence-corrected chi connectivity index (χ2v) is 8.42. The first-order valence-electron chi connectivity index (χ1n) is 9.28. The molecule has 0 radical (unpaired) electrons. The SMILES string of the molecule is C=C1C(=O)O[C@H]2[C@@H]1[C@H](OC(=O)/C(C)=C\C)C[C@]1(C)O[C@]13[C@@H]2[C@@H](C)C[C@H]3O. The number of ether oxygens (including phenoxy) is 3. The lowest BCUT2D eigenvalue weighted by molar-refractivity contribution is -0.151. The Morgan fingerprint density at radius 2 is 2.15 bits per heavy atom. The normalized spacial score (nSPS) is 49.7. The van der Waals surface area contributed by atoms with Gasteiger partial charge in [-0.25, -0.2) is 9.59 Å². The summed E-state index contributed by atoms with van der Waals surface area (Å²) < 4.78 is 17.6. The van der Waals surface area contributed by atoms with E-state index in [4.69, 9.17) is 14.2 Å². The molecule has 0 amide bonds. The van der Waals surface area contributed by atoms with Crippen LogP contribution in [0.5, 0.6) is 0 Å². The Hall–Kier alpha value is -1.66. The molecule has 2 heterocycles. The first-order chi connectivity index (χ1) is 12.2. The molecule has 0 aromatic carbocycles.